The fraction of sp³-hybridized carbons (Fsp3) is 0.176. The van der Waals surface area contributed by atoms with E-state index in [2.05, 4.69) is 46.5 Å². The van der Waals surface area contributed by atoms with Gasteiger partial charge in [-0.25, -0.2) is 10.1 Å². The molecule has 2 aromatic heterocycles. The molecule has 6 nitrogen and oxygen atoms in total. The smallest absolute Gasteiger partial charge is 0.277 e. The van der Waals surface area contributed by atoms with E-state index in [1.54, 1.807) is 0 Å². The highest BCUT2D eigenvalue weighted by Gasteiger charge is 2.11. The summed E-state index contributed by atoms with van der Waals surface area (Å²) in [6.07, 6.45) is 0. The second-order valence-electron chi connectivity index (χ2n) is 5.58. The van der Waals surface area contributed by atoms with E-state index in [4.69, 9.17) is 0 Å². The number of amides is 1. The standard InChI is InChI=1S/C17H16N4O2S/c1-10(2)11-3-5-12(6-4-11)14-9-24-17(18-14)19-16(23)13-7-8-15(22)21-20-13/h3-10H,1-2H3,(H,21,22)(H,18,19,23). The highest BCUT2D eigenvalue weighted by molar-refractivity contribution is 7.14. The zero-order valence-corrected chi connectivity index (χ0v) is 14.1. The predicted molar refractivity (Wildman–Crippen MR) is 94.4 cm³/mol. The Morgan fingerprint density at radius 2 is 1.92 bits per heavy atom. The van der Waals surface area contributed by atoms with Gasteiger partial charge >= 0.3 is 0 Å². The fourth-order valence-corrected chi connectivity index (χ4v) is 2.85. The van der Waals surface area contributed by atoms with E-state index < -0.39 is 5.91 Å². The molecule has 0 bridgehead atoms. The molecule has 0 aliphatic carbocycles. The van der Waals surface area contributed by atoms with Gasteiger partial charge in [0.15, 0.2) is 5.13 Å². The molecule has 0 radical (unpaired) electrons. The van der Waals surface area contributed by atoms with Crippen LogP contribution in [0.25, 0.3) is 11.3 Å². The zero-order valence-electron chi connectivity index (χ0n) is 13.2. The Labute approximate surface area is 142 Å². The Balaban J connectivity index is 1.74. The van der Waals surface area contributed by atoms with E-state index in [1.165, 1.54) is 29.0 Å². The van der Waals surface area contributed by atoms with Crippen molar-refractivity contribution in [3.63, 3.8) is 0 Å². The van der Waals surface area contributed by atoms with Gasteiger partial charge in [-0.1, -0.05) is 38.1 Å². The molecule has 1 aromatic carbocycles. The number of hydrogen-bond acceptors (Lipinski definition) is 5. The van der Waals surface area contributed by atoms with E-state index >= 15 is 0 Å². The maximum Gasteiger partial charge on any atom is 0.277 e. The van der Waals surface area contributed by atoms with E-state index in [0.717, 1.165) is 11.3 Å². The van der Waals surface area contributed by atoms with Crippen molar-refractivity contribution in [3.8, 4) is 11.3 Å². The van der Waals surface area contributed by atoms with Gasteiger partial charge in [0.1, 0.15) is 5.69 Å². The number of rotatable bonds is 4. The number of hydrogen-bond donors (Lipinski definition) is 2. The van der Waals surface area contributed by atoms with Crippen LogP contribution in [-0.2, 0) is 0 Å². The van der Waals surface area contributed by atoms with Crippen molar-refractivity contribution in [2.75, 3.05) is 5.32 Å². The number of nitrogens with zero attached hydrogens (tertiary/aromatic N) is 2. The van der Waals surface area contributed by atoms with Crippen LogP contribution in [0.4, 0.5) is 5.13 Å². The predicted octanol–water partition coefficient (Wildman–Crippen LogP) is 3.27. The summed E-state index contributed by atoms with van der Waals surface area (Å²) >= 11 is 1.34. The third-order valence-corrected chi connectivity index (χ3v) is 4.27. The Kier molecular flexibility index (Phi) is 4.52. The largest absolute Gasteiger partial charge is 0.296 e. The summed E-state index contributed by atoms with van der Waals surface area (Å²) in [4.78, 5) is 27.5. The molecule has 122 valence electrons. The summed E-state index contributed by atoms with van der Waals surface area (Å²) in [6.45, 7) is 4.30. The van der Waals surface area contributed by atoms with Crippen LogP contribution in [0.1, 0.15) is 35.8 Å². The molecule has 0 saturated carbocycles. The molecular formula is C17H16N4O2S. The van der Waals surface area contributed by atoms with Crippen LogP contribution in [0, 0.1) is 0 Å². The molecule has 0 atom stereocenters. The van der Waals surface area contributed by atoms with E-state index in [0.29, 0.717) is 11.0 Å². The van der Waals surface area contributed by atoms with Crippen LogP contribution in [0.3, 0.4) is 0 Å². The average Bonchev–Trinajstić information content (AvgIpc) is 3.04. The number of anilines is 1. The monoisotopic (exact) mass is 340 g/mol. The normalized spacial score (nSPS) is 10.8. The molecule has 3 aromatic rings. The molecule has 0 saturated heterocycles. The minimum Gasteiger partial charge on any atom is -0.296 e. The first-order chi connectivity index (χ1) is 11.5. The van der Waals surface area contributed by atoms with Gasteiger partial charge in [0.2, 0.25) is 0 Å². The molecule has 1 amide bonds. The quantitative estimate of drug-likeness (QED) is 0.763. The number of carbonyl (C=O) groups excluding carboxylic acids is 1. The highest BCUT2D eigenvalue weighted by atomic mass is 32.1. The Morgan fingerprint density at radius 3 is 2.54 bits per heavy atom. The van der Waals surface area contributed by atoms with E-state index in [-0.39, 0.29) is 11.3 Å². The van der Waals surface area contributed by atoms with Crippen molar-refractivity contribution >= 4 is 22.4 Å². The third-order valence-electron chi connectivity index (χ3n) is 3.51. The molecule has 0 unspecified atom stereocenters. The lowest BCUT2D eigenvalue weighted by molar-refractivity contribution is 0.102. The summed E-state index contributed by atoms with van der Waals surface area (Å²) in [6, 6.07) is 10.8. The maximum atomic E-state index is 12.1. The molecule has 3 rings (SSSR count). The number of H-pyrrole nitrogens is 1. The lowest BCUT2D eigenvalue weighted by Crippen LogP contribution is -2.17. The van der Waals surface area contributed by atoms with E-state index in [1.807, 2.05) is 17.5 Å². The Morgan fingerprint density at radius 1 is 1.17 bits per heavy atom. The number of aromatic amines is 1. The molecular weight excluding hydrogens is 324 g/mol. The molecule has 2 N–H and O–H groups in total. The second kappa shape index (κ2) is 6.76. The van der Waals surface area contributed by atoms with Gasteiger partial charge in [-0.3, -0.25) is 14.9 Å². The highest BCUT2D eigenvalue weighted by Crippen LogP contribution is 2.26. The van der Waals surface area contributed by atoms with Crippen LogP contribution >= 0.6 is 11.3 Å². The van der Waals surface area contributed by atoms with Crippen molar-refractivity contribution in [3.05, 3.63) is 63.4 Å². The Hall–Kier alpha value is -2.80. The van der Waals surface area contributed by atoms with Crippen molar-refractivity contribution < 1.29 is 4.79 Å². The molecule has 0 spiro atoms. The van der Waals surface area contributed by atoms with E-state index in [9.17, 15) is 9.59 Å². The summed E-state index contributed by atoms with van der Waals surface area (Å²) in [5.74, 6) is 0.0662. The maximum absolute atomic E-state index is 12.1. The summed E-state index contributed by atoms with van der Waals surface area (Å²) in [7, 11) is 0. The number of carbonyl (C=O) groups is 1. The molecule has 0 aliphatic rings. The molecule has 2 heterocycles. The minimum absolute atomic E-state index is 0.132. The zero-order chi connectivity index (χ0) is 17.1. The van der Waals surface area contributed by atoms with Crippen LogP contribution in [-0.4, -0.2) is 21.1 Å². The summed E-state index contributed by atoms with van der Waals surface area (Å²) in [5, 5.41) is 11.0. The molecule has 7 heteroatoms. The lowest BCUT2D eigenvalue weighted by Gasteiger charge is -2.05. The number of nitrogens with one attached hydrogen (secondary N) is 2. The molecule has 0 fully saturated rings. The van der Waals surface area contributed by atoms with Gasteiger partial charge in [0.25, 0.3) is 11.5 Å². The van der Waals surface area contributed by atoms with Crippen LogP contribution < -0.4 is 10.9 Å². The van der Waals surface area contributed by atoms with Gasteiger partial charge in [0.05, 0.1) is 5.69 Å². The molecule has 0 aliphatic heterocycles. The van der Waals surface area contributed by atoms with Crippen LogP contribution in [0.15, 0.2) is 46.6 Å². The SMILES string of the molecule is CC(C)c1ccc(-c2csc(NC(=O)c3ccc(=O)[nH]n3)n2)cc1. The second-order valence-corrected chi connectivity index (χ2v) is 6.43. The van der Waals surface area contributed by atoms with Gasteiger partial charge in [-0.05, 0) is 17.5 Å². The van der Waals surface area contributed by atoms with Crippen molar-refractivity contribution in [2.45, 2.75) is 19.8 Å². The lowest BCUT2D eigenvalue weighted by atomic mass is 10.0. The Bertz CT molecular complexity index is 892. The van der Waals surface area contributed by atoms with Gasteiger partial charge in [-0.15, -0.1) is 11.3 Å². The first-order valence-corrected chi connectivity index (χ1v) is 8.34. The van der Waals surface area contributed by atoms with Crippen LogP contribution in [0.5, 0.6) is 0 Å². The van der Waals surface area contributed by atoms with Gasteiger partial charge in [0, 0.05) is 17.0 Å². The number of aromatic nitrogens is 3. The minimum atomic E-state index is -0.415. The van der Waals surface area contributed by atoms with Crippen molar-refractivity contribution in [1.82, 2.24) is 15.2 Å². The number of thiazole rings is 1. The van der Waals surface area contributed by atoms with Crippen molar-refractivity contribution in [2.24, 2.45) is 0 Å². The fourth-order valence-electron chi connectivity index (χ4n) is 2.13. The van der Waals surface area contributed by atoms with Gasteiger partial charge in [-0.2, -0.15) is 5.10 Å². The van der Waals surface area contributed by atoms with Crippen LogP contribution in [0.2, 0.25) is 0 Å². The first kappa shape index (κ1) is 16.1. The topological polar surface area (TPSA) is 87.7 Å². The number of benzene rings is 1. The average molecular weight is 340 g/mol. The summed E-state index contributed by atoms with van der Waals surface area (Å²) in [5.41, 5.74) is 2.85. The molecule has 24 heavy (non-hydrogen) atoms. The first-order valence-electron chi connectivity index (χ1n) is 7.46. The van der Waals surface area contributed by atoms with Crippen molar-refractivity contribution in [1.29, 1.82) is 0 Å². The van der Waals surface area contributed by atoms with Gasteiger partial charge < -0.3 is 0 Å². The summed E-state index contributed by atoms with van der Waals surface area (Å²) < 4.78 is 0. The third kappa shape index (κ3) is 3.57.